The Balaban J connectivity index is 1.41. The van der Waals surface area contributed by atoms with Gasteiger partial charge in [0.1, 0.15) is 17.6 Å². The molecule has 0 bridgehead atoms. The Morgan fingerprint density at radius 1 is 0.865 bits per heavy atom. The number of amides is 4. The van der Waals surface area contributed by atoms with Gasteiger partial charge in [0.2, 0.25) is 23.6 Å². The molecule has 2 aromatic carbocycles. The van der Waals surface area contributed by atoms with Gasteiger partial charge in [-0.1, -0.05) is 74.5 Å². The first-order chi connectivity index (χ1) is 24.9. The second-order valence-electron chi connectivity index (χ2n) is 14.4. The van der Waals surface area contributed by atoms with E-state index < -0.39 is 47.4 Å². The van der Waals surface area contributed by atoms with E-state index in [4.69, 9.17) is 16.6 Å². The van der Waals surface area contributed by atoms with Crippen LogP contribution in [0.3, 0.4) is 0 Å². The highest BCUT2D eigenvalue weighted by atomic mass is 16.4. The molecule has 0 aromatic heterocycles. The highest BCUT2D eigenvalue weighted by molar-refractivity contribution is 6.00. The number of hydrogen-bond acceptors (Lipinski definition) is 9. The van der Waals surface area contributed by atoms with Crippen LogP contribution in [0.25, 0.3) is 0 Å². The van der Waals surface area contributed by atoms with Crippen molar-refractivity contribution in [2.75, 3.05) is 52.4 Å². The van der Waals surface area contributed by atoms with Crippen LogP contribution in [0, 0.1) is 5.92 Å². The normalized spacial score (nSPS) is 20.7. The second kappa shape index (κ2) is 19.5. The maximum Gasteiger partial charge on any atom is 0.317 e. The third kappa shape index (κ3) is 11.8. The second-order valence-corrected chi connectivity index (χ2v) is 14.4. The number of carboxylic acid groups (broad SMARTS) is 1. The quantitative estimate of drug-likeness (QED) is 0.0986. The highest BCUT2D eigenvalue weighted by Gasteiger charge is 2.62. The molecule has 284 valence electrons. The summed E-state index contributed by atoms with van der Waals surface area (Å²) in [6.07, 6.45) is 1.78. The Morgan fingerprint density at radius 2 is 1.50 bits per heavy atom. The fourth-order valence-corrected chi connectivity index (χ4v) is 6.75. The number of aliphatic carboxylic acids is 1. The Kier molecular flexibility index (Phi) is 15.1. The van der Waals surface area contributed by atoms with E-state index in [1.165, 1.54) is 0 Å². The van der Waals surface area contributed by atoms with Crippen LogP contribution in [-0.2, 0) is 30.4 Å². The van der Waals surface area contributed by atoms with Gasteiger partial charge in [0.05, 0.1) is 12.6 Å². The minimum atomic E-state index is -1.29. The first-order valence-corrected chi connectivity index (χ1v) is 18.3. The molecule has 4 rings (SSSR count). The fraction of sp³-hybridized carbons (Fsp3) is 0.553. The maximum atomic E-state index is 14.2. The number of hydrogen-bond donors (Lipinski definition) is 7. The summed E-state index contributed by atoms with van der Waals surface area (Å²) in [5.41, 5.74) is 12.6. The zero-order valence-electron chi connectivity index (χ0n) is 30.4. The topological polar surface area (TPSA) is 212 Å². The van der Waals surface area contributed by atoms with E-state index in [0.717, 1.165) is 11.1 Å². The summed E-state index contributed by atoms with van der Waals surface area (Å²) >= 11 is 0. The summed E-state index contributed by atoms with van der Waals surface area (Å²) in [4.78, 5) is 69.9. The Hall–Kier alpha value is -4.37. The summed E-state index contributed by atoms with van der Waals surface area (Å²) in [6, 6.07) is 16.2. The van der Waals surface area contributed by atoms with E-state index in [1.807, 2.05) is 79.4 Å². The van der Waals surface area contributed by atoms with Gasteiger partial charge in [-0.05, 0) is 55.7 Å². The van der Waals surface area contributed by atoms with Crippen LogP contribution in [0.5, 0.6) is 0 Å². The average Bonchev–Trinajstić information content (AvgIpc) is 3.85. The first kappa shape index (κ1) is 40.4. The molecule has 1 unspecified atom stereocenters. The SMILES string of the molecule is CC(C)C[C@@H](NC(=O)C1(NC(=O)[C@H](N)Cc2ccccc2)C[C@@H]1c1ccccc1)C(=O)N[C@H](CCCN)C(=O)NCCN1CCN(CC(=O)O)CC1. The molecule has 2 fully saturated rings. The lowest BCUT2D eigenvalue weighted by Gasteiger charge is -2.33. The minimum Gasteiger partial charge on any atom is -0.480 e. The molecule has 2 aromatic rings. The third-order valence-electron chi connectivity index (χ3n) is 9.76. The van der Waals surface area contributed by atoms with Gasteiger partial charge in [0, 0.05) is 45.2 Å². The van der Waals surface area contributed by atoms with Gasteiger partial charge >= 0.3 is 5.97 Å². The van der Waals surface area contributed by atoms with Crippen LogP contribution in [0.4, 0.5) is 0 Å². The van der Waals surface area contributed by atoms with E-state index in [2.05, 4.69) is 26.2 Å². The Morgan fingerprint density at radius 3 is 2.12 bits per heavy atom. The number of carbonyl (C=O) groups excluding carboxylic acids is 4. The van der Waals surface area contributed by atoms with Gasteiger partial charge in [0.15, 0.2) is 0 Å². The summed E-state index contributed by atoms with van der Waals surface area (Å²) in [5.74, 6) is -2.91. The number of piperazine rings is 1. The van der Waals surface area contributed by atoms with Crippen molar-refractivity contribution in [3.8, 4) is 0 Å². The Bertz CT molecular complexity index is 1490. The van der Waals surface area contributed by atoms with Crippen LogP contribution < -0.4 is 32.7 Å². The first-order valence-electron chi connectivity index (χ1n) is 18.3. The van der Waals surface area contributed by atoms with Gasteiger partial charge < -0.3 is 37.8 Å². The van der Waals surface area contributed by atoms with E-state index in [0.29, 0.717) is 77.9 Å². The van der Waals surface area contributed by atoms with Crippen LogP contribution in [0.1, 0.15) is 56.6 Å². The van der Waals surface area contributed by atoms with Gasteiger partial charge in [-0.2, -0.15) is 0 Å². The van der Waals surface area contributed by atoms with E-state index in [-0.39, 0.29) is 24.3 Å². The summed E-state index contributed by atoms with van der Waals surface area (Å²) in [6.45, 7) is 7.83. The van der Waals surface area contributed by atoms with Crippen molar-refractivity contribution in [2.24, 2.45) is 17.4 Å². The smallest absolute Gasteiger partial charge is 0.317 e. The lowest BCUT2D eigenvalue weighted by molar-refractivity contribution is -0.138. The van der Waals surface area contributed by atoms with Crippen molar-refractivity contribution >= 4 is 29.6 Å². The van der Waals surface area contributed by atoms with Crippen molar-refractivity contribution in [3.63, 3.8) is 0 Å². The lowest BCUT2D eigenvalue weighted by Crippen LogP contribution is -2.59. The molecule has 1 saturated heterocycles. The van der Waals surface area contributed by atoms with Crippen molar-refractivity contribution in [1.82, 2.24) is 31.1 Å². The molecule has 1 heterocycles. The molecule has 0 radical (unpaired) electrons. The van der Waals surface area contributed by atoms with Gasteiger partial charge in [-0.15, -0.1) is 0 Å². The lowest BCUT2D eigenvalue weighted by atomic mass is 9.99. The van der Waals surface area contributed by atoms with E-state index in [9.17, 15) is 24.0 Å². The van der Waals surface area contributed by atoms with Crippen molar-refractivity contribution < 1.29 is 29.1 Å². The molecule has 1 aliphatic heterocycles. The van der Waals surface area contributed by atoms with Gasteiger partial charge in [-0.3, -0.25) is 33.8 Å². The van der Waals surface area contributed by atoms with E-state index in [1.54, 1.807) is 0 Å². The average molecular weight is 721 g/mol. The monoisotopic (exact) mass is 720 g/mol. The van der Waals surface area contributed by atoms with Crippen molar-refractivity contribution in [1.29, 1.82) is 0 Å². The van der Waals surface area contributed by atoms with Crippen molar-refractivity contribution in [3.05, 3.63) is 71.8 Å². The van der Waals surface area contributed by atoms with Crippen LogP contribution in [0.15, 0.2) is 60.7 Å². The molecule has 5 atom stereocenters. The zero-order valence-corrected chi connectivity index (χ0v) is 30.4. The van der Waals surface area contributed by atoms with Crippen molar-refractivity contribution in [2.45, 2.75) is 75.5 Å². The fourth-order valence-electron chi connectivity index (χ4n) is 6.75. The maximum absolute atomic E-state index is 14.2. The van der Waals surface area contributed by atoms with E-state index >= 15 is 0 Å². The number of rotatable bonds is 20. The third-order valence-corrected chi connectivity index (χ3v) is 9.76. The minimum absolute atomic E-state index is 0.0114. The molecule has 4 amide bonds. The number of nitrogens with zero attached hydrogens (tertiary/aromatic N) is 2. The zero-order chi connectivity index (χ0) is 37.7. The van der Waals surface area contributed by atoms with Crippen LogP contribution in [-0.4, -0.2) is 121 Å². The predicted molar refractivity (Wildman–Crippen MR) is 198 cm³/mol. The number of benzene rings is 2. The molecule has 52 heavy (non-hydrogen) atoms. The summed E-state index contributed by atoms with van der Waals surface area (Å²) in [7, 11) is 0. The Labute approximate surface area is 306 Å². The molecule has 2 aliphatic rings. The number of carboxylic acids is 1. The van der Waals surface area contributed by atoms with Crippen LogP contribution in [0.2, 0.25) is 0 Å². The number of nitrogens with two attached hydrogens (primary N) is 2. The molecular formula is C38H56N8O6. The number of nitrogens with one attached hydrogen (secondary N) is 4. The molecule has 14 nitrogen and oxygen atoms in total. The van der Waals surface area contributed by atoms with Crippen LogP contribution >= 0.6 is 0 Å². The highest BCUT2D eigenvalue weighted by Crippen LogP contribution is 2.51. The summed E-state index contributed by atoms with van der Waals surface area (Å²) in [5, 5.41) is 20.7. The predicted octanol–water partition coefficient (Wildman–Crippen LogP) is 0.172. The molecule has 1 saturated carbocycles. The molecule has 1 aliphatic carbocycles. The molecule has 0 spiro atoms. The largest absolute Gasteiger partial charge is 0.480 e. The standard InChI is InChI=1S/C38H56N8O6/c1-26(2)22-32(36(51)42-31(14-9-15-39)35(50)41-16-17-45-18-20-46(21-19-45)25-33(47)48)43-37(52)38(24-29(38)28-12-7-4-8-13-28)44-34(49)30(40)23-27-10-5-3-6-11-27/h3-8,10-13,26,29-32H,9,14-25,39-40H2,1-2H3,(H,41,50)(H,42,51)(H,43,52)(H,44,49)(H,47,48)/t29-,30-,31-,32-,38?/m1/s1. The summed E-state index contributed by atoms with van der Waals surface area (Å²) < 4.78 is 0. The molecule has 9 N–H and O–H groups in total. The van der Waals surface area contributed by atoms with Gasteiger partial charge in [-0.25, -0.2) is 0 Å². The van der Waals surface area contributed by atoms with Gasteiger partial charge in [0.25, 0.3) is 0 Å². The molecule has 14 heteroatoms. The number of carbonyl (C=O) groups is 5. The molecular weight excluding hydrogens is 664 g/mol.